The molecule has 0 amide bonds. The minimum atomic E-state index is -0.453. The van der Waals surface area contributed by atoms with Gasteiger partial charge in [0, 0.05) is 36.6 Å². The zero-order valence-corrected chi connectivity index (χ0v) is 19.2. The molecule has 0 saturated heterocycles. The minimum absolute atomic E-state index is 0.105. The Morgan fingerprint density at radius 2 is 2.06 bits per heavy atom. The van der Waals surface area contributed by atoms with Gasteiger partial charge in [-0.25, -0.2) is 8.78 Å². The Morgan fingerprint density at radius 3 is 2.65 bits per heavy atom. The van der Waals surface area contributed by atoms with E-state index in [1.165, 1.54) is 37.5 Å². The highest BCUT2D eigenvalue weighted by Crippen LogP contribution is 2.31. The Labute approximate surface area is 185 Å². The molecule has 6 heteroatoms. The zero-order chi connectivity index (χ0) is 23.0. The lowest BCUT2D eigenvalue weighted by molar-refractivity contribution is 0.613. The Morgan fingerprint density at radius 1 is 1.32 bits per heavy atom. The van der Waals surface area contributed by atoms with E-state index in [9.17, 15) is 8.78 Å². The van der Waals surface area contributed by atoms with Crippen LogP contribution in [0.25, 0.3) is 5.70 Å². The van der Waals surface area contributed by atoms with E-state index in [0.717, 1.165) is 18.5 Å². The molecule has 170 valence electrons. The van der Waals surface area contributed by atoms with Gasteiger partial charge in [-0.2, -0.15) is 0 Å². The fraction of sp³-hybridized carbons (Fsp3) is 0.480. The quantitative estimate of drug-likeness (QED) is 0.292. The van der Waals surface area contributed by atoms with Crippen LogP contribution in [0, 0.1) is 5.82 Å². The summed E-state index contributed by atoms with van der Waals surface area (Å²) >= 11 is 0. The van der Waals surface area contributed by atoms with Gasteiger partial charge in [0.05, 0.1) is 11.7 Å². The first-order valence-electron chi connectivity index (χ1n) is 11.0. The lowest BCUT2D eigenvalue weighted by Gasteiger charge is -2.26. The molecular weight excluding hydrogens is 394 g/mol. The average molecular weight is 431 g/mol. The van der Waals surface area contributed by atoms with Crippen LogP contribution in [-0.2, 0) is 6.54 Å². The number of benzene rings is 1. The molecule has 2 unspecified atom stereocenters. The molecule has 0 aromatic heterocycles. The zero-order valence-electron chi connectivity index (χ0n) is 19.2. The van der Waals surface area contributed by atoms with E-state index in [1.807, 2.05) is 6.92 Å². The van der Waals surface area contributed by atoms with E-state index in [4.69, 9.17) is 5.73 Å². The second-order valence-electron chi connectivity index (χ2n) is 8.05. The summed E-state index contributed by atoms with van der Waals surface area (Å²) in [5.74, 6) is -0.813. The lowest BCUT2D eigenvalue weighted by Crippen LogP contribution is -2.31. The number of hydrogen-bond acceptors (Lipinski definition) is 4. The Kier molecular flexibility index (Phi) is 9.35. The molecule has 0 aliphatic heterocycles. The van der Waals surface area contributed by atoms with E-state index in [1.54, 1.807) is 7.05 Å². The number of nitrogens with one attached hydrogen (secondary N) is 3. The minimum Gasteiger partial charge on any atom is -0.388 e. The maximum Gasteiger partial charge on any atom is 0.141 e. The molecule has 2 rings (SSSR count). The molecule has 1 aromatic carbocycles. The average Bonchev–Trinajstić information content (AvgIpc) is 2.76. The molecule has 0 bridgehead atoms. The third kappa shape index (κ3) is 6.98. The maximum atomic E-state index is 14.5. The molecule has 31 heavy (non-hydrogen) atoms. The SMILES string of the molecule is C=C(NC)c1cc(F)cc(CNC(=C=C(C)F)C(N)CC)c1NC(C)C1=CCCCC1. The number of allylic oxidation sites excluding steroid dienone is 1. The third-order valence-corrected chi connectivity index (χ3v) is 5.64. The highest BCUT2D eigenvalue weighted by Gasteiger charge is 2.19. The standard InChI is InChI=1S/C25H36F2N4/c1-6-23(28)24(12-16(2)26)30-15-20-13-21(27)14-22(18(4)29-5)25(20)31-17(3)19-10-8-7-9-11-19/h10,13-14,17,23,29-31H,4,6-9,11,15,28H2,1-3,5H3. The Hall–Kier alpha value is -2.56. The largest absolute Gasteiger partial charge is 0.388 e. The van der Waals surface area contributed by atoms with Gasteiger partial charge in [0.15, 0.2) is 0 Å². The van der Waals surface area contributed by atoms with Crippen LogP contribution in [0.5, 0.6) is 0 Å². The molecule has 2 atom stereocenters. The van der Waals surface area contributed by atoms with Crippen molar-refractivity contribution in [2.75, 3.05) is 12.4 Å². The molecule has 1 aliphatic rings. The van der Waals surface area contributed by atoms with Crippen LogP contribution in [0.15, 0.2) is 47.6 Å². The fourth-order valence-corrected chi connectivity index (χ4v) is 3.76. The van der Waals surface area contributed by atoms with Gasteiger partial charge >= 0.3 is 0 Å². The summed E-state index contributed by atoms with van der Waals surface area (Å²) in [6, 6.07) is 2.69. The summed E-state index contributed by atoms with van der Waals surface area (Å²) in [6.45, 7) is 9.69. The second-order valence-corrected chi connectivity index (χ2v) is 8.05. The van der Waals surface area contributed by atoms with Crippen molar-refractivity contribution >= 4 is 11.4 Å². The number of nitrogens with two attached hydrogens (primary N) is 1. The van der Waals surface area contributed by atoms with Gasteiger partial charge in [-0.3, -0.25) is 0 Å². The van der Waals surface area contributed by atoms with Gasteiger partial charge in [-0.05, 0) is 63.6 Å². The van der Waals surface area contributed by atoms with Gasteiger partial charge in [0.25, 0.3) is 0 Å². The third-order valence-electron chi connectivity index (χ3n) is 5.64. The molecule has 0 saturated carbocycles. The van der Waals surface area contributed by atoms with Crippen molar-refractivity contribution in [2.24, 2.45) is 5.73 Å². The molecule has 1 aromatic rings. The first-order valence-corrected chi connectivity index (χ1v) is 11.0. The van der Waals surface area contributed by atoms with Gasteiger partial charge < -0.3 is 21.7 Å². The first kappa shape index (κ1) is 24.7. The van der Waals surface area contributed by atoms with Gasteiger partial charge in [-0.1, -0.05) is 30.9 Å². The van der Waals surface area contributed by atoms with Crippen LogP contribution in [-0.4, -0.2) is 19.1 Å². The van der Waals surface area contributed by atoms with Crippen molar-refractivity contribution in [3.05, 3.63) is 64.6 Å². The molecule has 5 N–H and O–H groups in total. The Balaban J connectivity index is 2.43. The van der Waals surface area contributed by atoms with Crippen molar-refractivity contribution in [1.82, 2.24) is 10.6 Å². The summed E-state index contributed by atoms with van der Waals surface area (Å²) in [4.78, 5) is 0. The van der Waals surface area contributed by atoms with Crippen molar-refractivity contribution in [2.45, 2.75) is 71.5 Å². The van der Waals surface area contributed by atoms with E-state index in [2.05, 4.69) is 41.3 Å². The number of anilines is 1. The molecular formula is C25H36F2N4. The summed E-state index contributed by atoms with van der Waals surface area (Å²) in [5.41, 5.74) is 13.4. The maximum absolute atomic E-state index is 14.5. The van der Waals surface area contributed by atoms with Crippen LogP contribution >= 0.6 is 0 Å². The summed E-state index contributed by atoms with van der Waals surface area (Å²) in [7, 11) is 1.76. The van der Waals surface area contributed by atoms with E-state index >= 15 is 0 Å². The molecule has 1 aliphatic carbocycles. The first-order chi connectivity index (χ1) is 14.8. The molecule has 0 radical (unpaired) electrons. The topological polar surface area (TPSA) is 62.1 Å². The molecule has 0 spiro atoms. The molecule has 4 nitrogen and oxygen atoms in total. The second kappa shape index (κ2) is 11.7. The van der Waals surface area contributed by atoms with Gasteiger partial charge in [-0.15, -0.1) is 0 Å². The Bertz CT molecular complexity index is 878. The van der Waals surface area contributed by atoms with Crippen LogP contribution in [0.2, 0.25) is 0 Å². The van der Waals surface area contributed by atoms with E-state index in [-0.39, 0.29) is 24.4 Å². The summed E-state index contributed by atoms with van der Waals surface area (Å²) in [6.07, 6.45) is 7.48. The predicted molar refractivity (Wildman–Crippen MR) is 127 cm³/mol. The van der Waals surface area contributed by atoms with E-state index < -0.39 is 5.83 Å². The van der Waals surface area contributed by atoms with Crippen LogP contribution in [0.4, 0.5) is 14.5 Å². The van der Waals surface area contributed by atoms with Crippen molar-refractivity contribution in [1.29, 1.82) is 0 Å². The number of rotatable bonds is 10. The number of halogens is 2. The highest BCUT2D eigenvalue weighted by molar-refractivity contribution is 5.77. The highest BCUT2D eigenvalue weighted by atomic mass is 19.1. The normalized spacial score (nSPS) is 15.3. The van der Waals surface area contributed by atoms with Crippen LogP contribution in [0.1, 0.15) is 64.0 Å². The van der Waals surface area contributed by atoms with Crippen LogP contribution in [0.3, 0.4) is 0 Å². The number of hydrogen-bond donors (Lipinski definition) is 4. The molecule has 0 heterocycles. The fourth-order valence-electron chi connectivity index (χ4n) is 3.76. The van der Waals surface area contributed by atoms with Crippen molar-refractivity contribution in [3.8, 4) is 0 Å². The summed E-state index contributed by atoms with van der Waals surface area (Å²) in [5, 5.41) is 9.77. The predicted octanol–water partition coefficient (Wildman–Crippen LogP) is 5.50. The van der Waals surface area contributed by atoms with Crippen molar-refractivity contribution in [3.63, 3.8) is 0 Å². The lowest BCUT2D eigenvalue weighted by atomic mass is 9.94. The smallest absolute Gasteiger partial charge is 0.141 e. The summed E-state index contributed by atoms with van der Waals surface area (Å²) < 4.78 is 28.0. The monoisotopic (exact) mass is 430 g/mol. The van der Waals surface area contributed by atoms with E-state index in [0.29, 0.717) is 28.9 Å². The van der Waals surface area contributed by atoms with Crippen molar-refractivity contribution < 1.29 is 8.78 Å². The van der Waals surface area contributed by atoms with Gasteiger partial charge in [0.1, 0.15) is 11.6 Å². The van der Waals surface area contributed by atoms with Gasteiger partial charge in [0.2, 0.25) is 0 Å². The molecule has 0 fully saturated rings. The van der Waals surface area contributed by atoms with Crippen LogP contribution < -0.4 is 21.7 Å².